The molecule has 4 nitrogen and oxygen atoms in total. The van der Waals surface area contributed by atoms with E-state index < -0.39 is 6.29 Å². The van der Waals surface area contributed by atoms with Crippen LogP contribution >= 0.6 is 0 Å². The summed E-state index contributed by atoms with van der Waals surface area (Å²) in [4.78, 5) is 4.02. The monoisotopic (exact) mass is 193 g/mol. The van der Waals surface area contributed by atoms with Gasteiger partial charge in [0.15, 0.2) is 18.3 Å². The smallest absolute Gasteiger partial charge is 0.181 e. The Kier molecular flexibility index (Phi) is 2.23. The lowest BCUT2D eigenvalue weighted by molar-refractivity contribution is -0.0768. The number of hydrogen-bond donors (Lipinski definition) is 1. The average Bonchev–Trinajstić information content (AvgIpc) is 2.64. The number of aryl methyl sites for hydroxylation is 1. The molecule has 1 unspecified atom stereocenters. The lowest BCUT2D eigenvalue weighted by Gasteiger charge is -2.08. The van der Waals surface area contributed by atoms with Gasteiger partial charge in [-0.25, -0.2) is 4.98 Å². The maximum absolute atomic E-state index is 9.47. The minimum atomic E-state index is -0.908. The average molecular weight is 193 g/mol. The van der Waals surface area contributed by atoms with E-state index in [0.29, 0.717) is 5.56 Å². The van der Waals surface area contributed by atoms with E-state index in [0.717, 1.165) is 16.7 Å². The van der Waals surface area contributed by atoms with Gasteiger partial charge in [0.2, 0.25) is 0 Å². The maximum Gasteiger partial charge on any atom is 0.181 e. The van der Waals surface area contributed by atoms with Crippen LogP contribution in [0.4, 0.5) is 0 Å². The first-order chi connectivity index (χ1) is 6.72. The molecule has 0 bridgehead atoms. The number of rotatable bonds is 2. The van der Waals surface area contributed by atoms with Gasteiger partial charge in [0.25, 0.3) is 0 Å². The summed E-state index contributed by atoms with van der Waals surface area (Å²) < 4.78 is 10.00. The molecule has 0 saturated heterocycles. The second-order valence-corrected chi connectivity index (χ2v) is 3.13. The highest BCUT2D eigenvalue weighted by Gasteiger charge is 2.10. The van der Waals surface area contributed by atoms with Crippen molar-refractivity contribution in [1.29, 1.82) is 0 Å². The van der Waals surface area contributed by atoms with Crippen molar-refractivity contribution in [2.24, 2.45) is 0 Å². The summed E-state index contributed by atoms with van der Waals surface area (Å²) in [5.41, 5.74) is 3.10. The first kappa shape index (κ1) is 9.18. The molecular weight excluding hydrogens is 182 g/mol. The molecule has 1 atom stereocenters. The number of aliphatic hydroxyl groups is 1. The molecule has 0 fully saturated rings. The Balaban J connectivity index is 2.58. The van der Waals surface area contributed by atoms with Crippen LogP contribution in [0.25, 0.3) is 11.1 Å². The van der Waals surface area contributed by atoms with Gasteiger partial charge in [-0.2, -0.15) is 0 Å². The summed E-state index contributed by atoms with van der Waals surface area (Å²) in [6, 6.07) is 3.57. The van der Waals surface area contributed by atoms with E-state index >= 15 is 0 Å². The molecule has 0 aliphatic heterocycles. The fourth-order valence-electron chi connectivity index (χ4n) is 1.45. The molecule has 0 spiro atoms. The van der Waals surface area contributed by atoms with Crippen LogP contribution in [0.15, 0.2) is 22.9 Å². The van der Waals surface area contributed by atoms with Crippen molar-refractivity contribution >= 4 is 11.1 Å². The number of nitrogens with zero attached hydrogens (tertiary/aromatic N) is 1. The fourth-order valence-corrected chi connectivity index (χ4v) is 1.45. The van der Waals surface area contributed by atoms with E-state index in [4.69, 9.17) is 9.15 Å². The van der Waals surface area contributed by atoms with Crippen molar-refractivity contribution in [2.45, 2.75) is 13.2 Å². The molecule has 2 rings (SSSR count). The zero-order chi connectivity index (χ0) is 10.1. The van der Waals surface area contributed by atoms with Gasteiger partial charge in [-0.05, 0) is 24.6 Å². The van der Waals surface area contributed by atoms with Crippen molar-refractivity contribution in [2.75, 3.05) is 7.11 Å². The van der Waals surface area contributed by atoms with Crippen LogP contribution in [0, 0.1) is 6.92 Å². The summed E-state index contributed by atoms with van der Waals surface area (Å²) >= 11 is 0. The molecular formula is C10H11NO3. The normalized spacial score (nSPS) is 13.4. The highest BCUT2D eigenvalue weighted by Crippen LogP contribution is 2.23. The third-order valence-corrected chi connectivity index (χ3v) is 2.15. The number of ether oxygens (including phenoxy) is 1. The number of methoxy groups -OCH3 is 1. The van der Waals surface area contributed by atoms with Crippen molar-refractivity contribution < 1.29 is 14.3 Å². The molecule has 1 heterocycles. The number of aromatic nitrogens is 1. The number of benzene rings is 1. The van der Waals surface area contributed by atoms with Crippen LogP contribution in [0.2, 0.25) is 0 Å². The van der Waals surface area contributed by atoms with Crippen molar-refractivity contribution in [3.05, 3.63) is 29.7 Å². The molecule has 0 amide bonds. The van der Waals surface area contributed by atoms with Crippen LogP contribution in [0.1, 0.15) is 17.4 Å². The Morgan fingerprint density at radius 3 is 3.00 bits per heavy atom. The second kappa shape index (κ2) is 3.40. The van der Waals surface area contributed by atoms with Gasteiger partial charge in [0, 0.05) is 12.7 Å². The third-order valence-electron chi connectivity index (χ3n) is 2.15. The summed E-state index contributed by atoms with van der Waals surface area (Å²) in [5.74, 6) is 0. The highest BCUT2D eigenvalue weighted by atomic mass is 16.6. The van der Waals surface area contributed by atoms with E-state index in [1.54, 1.807) is 6.07 Å². The molecule has 2 aromatic rings. The summed E-state index contributed by atoms with van der Waals surface area (Å²) in [6.07, 6.45) is 0.482. The Labute approximate surface area is 81.1 Å². The summed E-state index contributed by atoms with van der Waals surface area (Å²) in [5, 5.41) is 9.47. The van der Waals surface area contributed by atoms with Gasteiger partial charge >= 0.3 is 0 Å². The lowest BCUT2D eigenvalue weighted by Crippen LogP contribution is -1.99. The number of aliphatic hydroxyl groups excluding tert-OH is 1. The Hall–Kier alpha value is -1.39. The zero-order valence-corrected chi connectivity index (χ0v) is 8.02. The van der Waals surface area contributed by atoms with Crippen molar-refractivity contribution in [3.8, 4) is 0 Å². The van der Waals surface area contributed by atoms with Crippen LogP contribution in [0.5, 0.6) is 0 Å². The van der Waals surface area contributed by atoms with E-state index in [9.17, 15) is 5.11 Å². The predicted molar refractivity (Wildman–Crippen MR) is 50.7 cm³/mol. The number of oxazole rings is 1. The molecule has 4 heteroatoms. The van der Waals surface area contributed by atoms with Crippen LogP contribution in [0.3, 0.4) is 0 Å². The topological polar surface area (TPSA) is 55.5 Å². The van der Waals surface area contributed by atoms with Crippen LogP contribution in [-0.2, 0) is 4.74 Å². The number of hydrogen-bond acceptors (Lipinski definition) is 4. The predicted octanol–water partition coefficient (Wildman–Crippen LogP) is 1.77. The largest absolute Gasteiger partial charge is 0.443 e. The fraction of sp³-hybridized carbons (Fsp3) is 0.300. The molecule has 0 saturated carbocycles. The molecule has 1 N–H and O–H groups in total. The summed E-state index contributed by atoms with van der Waals surface area (Å²) in [7, 11) is 1.45. The quantitative estimate of drug-likeness (QED) is 0.738. The standard InChI is InChI=1S/C10H11NO3/c1-6-3-7(10(12)13-2)4-8-9(6)14-5-11-8/h3-5,10,12H,1-2H3. The Bertz CT molecular complexity index is 450. The van der Waals surface area contributed by atoms with E-state index in [-0.39, 0.29) is 0 Å². The Morgan fingerprint density at radius 1 is 1.50 bits per heavy atom. The third kappa shape index (κ3) is 1.38. The van der Waals surface area contributed by atoms with E-state index in [2.05, 4.69) is 4.98 Å². The second-order valence-electron chi connectivity index (χ2n) is 3.13. The molecule has 74 valence electrons. The lowest BCUT2D eigenvalue weighted by atomic mass is 10.1. The minimum Gasteiger partial charge on any atom is -0.443 e. The van der Waals surface area contributed by atoms with Gasteiger partial charge in [0.1, 0.15) is 5.52 Å². The van der Waals surface area contributed by atoms with Gasteiger partial charge in [-0.15, -0.1) is 0 Å². The highest BCUT2D eigenvalue weighted by molar-refractivity contribution is 5.76. The molecule has 0 aliphatic carbocycles. The Morgan fingerprint density at radius 2 is 2.29 bits per heavy atom. The maximum atomic E-state index is 9.47. The first-order valence-electron chi connectivity index (χ1n) is 4.27. The van der Waals surface area contributed by atoms with E-state index in [1.807, 2.05) is 13.0 Å². The molecule has 0 radical (unpaired) electrons. The van der Waals surface area contributed by atoms with Gasteiger partial charge in [-0.1, -0.05) is 0 Å². The zero-order valence-electron chi connectivity index (χ0n) is 8.02. The van der Waals surface area contributed by atoms with Gasteiger partial charge in [-0.3, -0.25) is 0 Å². The minimum absolute atomic E-state index is 0.686. The molecule has 0 aliphatic rings. The van der Waals surface area contributed by atoms with E-state index in [1.165, 1.54) is 13.5 Å². The SMILES string of the molecule is COC(O)c1cc(C)c2ocnc2c1. The molecule has 14 heavy (non-hydrogen) atoms. The first-order valence-corrected chi connectivity index (χ1v) is 4.27. The van der Waals surface area contributed by atoms with Crippen molar-refractivity contribution in [3.63, 3.8) is 0 Å². The molecule has 1 aromatic carbocycles. The van der Waals surface area contributed by atoms with Crippen molar-refractivity contribution in [1.82, 2.24) is 4.98 Å². The van der Waals surface area contributed by atoms with Crippen LogP contribution in [-0.4, -0.2) is 17.2 Å². The van der Waals surface area contributed by atoms with Gasteiger partial charge < -0.3 is 14.3 Å². The summed E-state index contributed by atoms with van der Waals surface area (Å²) in [6.45, 7) is 1.90. The number of fused-ring (bicyclic) bond motifs is 1. The van der Waals surface area contributed by atoms with Crippen LogP contribution < -0.4 is 0 Å². The molecule has 1 aromatic heterocycles. The van der Waals surface area contributed by atoms with Gasteiger partial charge in [0.05, 0.1) is 0 Å².